The van der Waals surface area contributed by atoms with Gasteiger partial charge in [-0.15, -0.1) is 11.3 Å². The number of carbonyl (C=O) groups excluding carboxylic acids is 2. The number of nitriles is 1. The zero-order chi connectivity index (χ0) is 22.0. The standard InChI is InChI=1S/C24H23N3O2S2/c1-14-8-9-17(15(2)11-14)26-21(29)13-31-24-16(12-25)22(20-7-4-10-30-20)23-18(27-24)5-3-6-19(23)28/h4,7-11,22,27H,3,5-6,13H2,1-2H3,(H,26,29)/t22-/m1/s1. The summed E-state index contributed by atoms with van der Waals surface area (Å²) < 4.78 is 0. The first kappa shape index (κ1) is 21.4. The molecule has 31 heavy (non-hydrogen) atoms. The van der Waals surface area contributed by atoms with E-state index in [0.29, 0.717) is 22.6 Å². The normalized spacial score (nSPS) is 18.4. The van der Waals surface area contributed by atoms with E-state index in [0.717, 1.165) is 40.2 Å². The number of thiophene rings is 1. The molecule has 2 N–H and O–H groups in total. The number of allylic oxidation sites excluding steroid dienone is 3. The Bertz CT molecular complexity index is 1140. The molecule has 0 radical (unpaired) electrons. The van der Waals surface area contributed by atoms with Gasteiger partial charge in [0.2, 0.25) is 5.91 Å². The van der Waals surface area contributed by atoms with Crippen molar-refractivity contribution < 1.29 is 9.59 Å². The second kappa shape index (κ2) is 9.13. The molecule has 7 heteroatoms. The third-order valence-electron chi connectivity index (χ3n) is 5.49. The maximum atomic E-state index is 12.7. The summed E-state index contributed by atoms with van der Waals surface area (Å²) >= 11 is 2.87. The SMILES string of the molecule is Cc1ccc(NC(=O)CSC2=C(C#N)[C@H](c3cccs3)C3=C(CCCC3=O)N2)c(C)c1. The third kappa shape index (κ3) is 4.46. The molecule has 1 atom stereocenters. The van der Waals surface area contributed by atoms with Crippen LogP contribution in [0, 0.1) is 25.2 Å². The van der Waals surface area contributed by atoms with E-state index in [1.54, 1.807) is 11.3 Å². The number of hydrogen-bond donors (Lipinski definition) is 2. The molecule has 158 valence electrons. The molecule has 2 aliphatic rings. The lowest BCUT2D eigenvalue weighted by Crippen LogP contribution is -2.31. The molecule has 4 rings (SSSR count). The van der Waals surface area contributed by atoms with Crippen LogP contribution in [-0.2, 0) is 9.59 Å². The summed E-state index contributed by atoms with van der Waals surface area (Å²) in [5.41, 5.74) is 5.08. The monoisotopic (exact) mass is 449 g/mol. The number of aryl methyl sites for hydroxylation is 2. The van der Waals surface area contributed by atoms with Crippen molar-refractivity contribution in [3.8, 4) is 6.07 Å². The van der Waals surface area contributed by atoms with Crippen LogP contribution in [0.25, 0.3) is 0 Å². The Hall–Kier alpha value is -2.82. The number of rotatable bonds is 5. The Morgan fingerprint density at radius 2 is 2.16 bits per heavy atom. The molecule has 1 aliphatic heterocycles. The predicted octanol–water partition coefficient (Wildman–Crippen LogP) is 5.17. The smallest absolute Gasteiger partial charge is 0.234 e. The van der Waals surface area contributed by atoms with Gasteiger partial charge in [0.15, 0.2) is 5.78 Å². The van der Waals surface area contributed by atoms with E-state index in [2.05, 4.69) is 16.7 Å². The Morgan fingerprint density at radius 1 is 1.32 bits per heavy atom. The second-order valence-corrected chi connectivity index (χ2v) is 9.72. The molecule has 2 aromatic rings. The van der Waals surface area contributed by atoms with Crippen molar-refractivity contribution in [2.24, 2.45) is 0 Å². The van der Waals surface area contributed by atoms with E-state index < -0.39 is 0 Å². The summed E-state index contributed by atoms with van der Waals surface area (Å²) in [7, 11) is 0. The van der Waals surface area contributed by atoms with Gasteiger partial charge < -0.3 is 10.6 Å². The highest BCUT2D eigenvalue weighted by molar-refractivity contribution is 8.03. The van der Waals surface area contributed by atoms with Crippen LogP contribution in [0.3, 0.4) is 0 Å². The average molecular weight is 450 g/mol. The molecule has 0 bridgehead atoms. The summed E-state index contributed by atoms with van der Waals surface area (Å²) in [6.07, 6.45) is 2.09. The van der Waals surface area contributed by atoms with Gasteiger partial charge in [-0.2, -0.15) is 5.26 Å². The number of benzene rings is 1. The molecule has 1 aromatic heterocycles. The van der Waals surface area contributed by atoms with Crippen LogP contribution in [0.1, 0.15) is 41.2 Å². The van der Waals surface area contributed by atoms with E-state index >= 15 is 0 Å². The Morgan fingerprint density at radius 3 is 2.87 bits per heavy atom. The lowest BCUT2D eigenvalue weighted by Gasteiger charge is -2.32. The first-order chi connectivity index (χ1) is 15.0. The fraction of sp³-hybridized carbons (Fsp3) is 0.292. The van der Waals surface area contributed by atoms with Crippen molar-refractivity contribution in [2.45, 2.75) is 39.0 Å². The molecule has 0 fully saturated rings. The minimum atomic E-state index is -0.348. The number of ketones is 1. The molecule has 5 nitrogen and oxygen atoms in total. The van der Waals surface area contributed by atoms with E-state index in [1.165, 1.54) is 11.8 Å². The highest BCUT2D eigenvalue weighted by Crippen LogP contribution is 2.45. The maximum Gasteiger partial charge on any atom is 0.234 e. The number of nitrogens with one attached hydrogen (secondary N) is 2. The zero-order valence-corrected chi connectivity index (χ0v) is 19.1. The largest absolute Gasteiger partial charge is 0.352 e. The van der Waals surface area contributed by atoms with E-state index in [1.807, 2.05) is 49.6 Å². The Kier molecular flexibility index (Phi) is 6.30. The molecule has 1 aliphatic carbocycles. The number of dihydropyridines is 1. The molecule has 1 aromatic carbocycles. The summed E-state index contributed by atoms with van der Waals surface area (Å²) in [5, 5.41) is 18.9. The van der Waals surface area contributed by atoms with Crippen LogP contribution in [0.4, 0.5) is 5.69 Å². The van der Waals surface area contributed by atoms with Crippen molar-refractivity contribution in [1.82, 2.24) is 5.32 Å². The van der Waals surface area contributed by atoms with Crippen LogP contribution in [0.2, 0.25) is 0 Å². The van der Waals surface area contributed by atoms with Crippen molar-refractivity contribution in [3.63, 3.8) is 0 Å². The predicted molar refractivity (Wildman–Crippen MR) is 126 cm³/mol. The van der Waals surface area contributed by atoms with Gasteiger partial charge in [0.05, 0.1) is 28.3 Å². The summed E-state index contributed by atoms with van der Waals surface area (Å²) in [6, 6.07) is 12.1. The highest BCUT2D eigenvalue weighted by atomic mass is 32.2. The number of amides is 1. The fourth-order valence-corrected chi connectivity index (χ4v) is 5.76. The highest BCUT2D eigenvalue weighted by Gasteiger charge is 2.37. The molecule has 0 saturated carbocycles. The quantitative estimate of drug-likeness (QED) is 0.658. The first-order valence-corrected chi connectivity index (χ1v) is 12.0. The van der Waals surface area contributed by atoms with Gasteiger partial charge in [-0.1, -0.05) is 35.5 Å². The van der Waals surface area contributed by atoms with Crippen molar-refractivity contribution in [3.05, 3.63) is 73.6 Å². The van der Waals surface area contributed by atoms with Crippen molar-refractivity contribution in [1.29, 1.82) is 5.26 Å². The second-order valence-electron chi connectivity index (χ2n) is 7.75. The summed E-state index contributed by atoms with van der Waals surface area (Å²) in [6.45, 7) is 3.98. The molecular formula is C24H23N3O2S2. The number of thioether (sulfide) groups is 1. The third-order valence-corrected chi connectivity index (χ3v) is 7.45. The molecule has 1 amide bonds. The molecule has 0 saturated heterocycles. The molecular weight excluding hydrogens is 426 g/mol. The van der Waals surface area contributed by atoms with E-state index in [9.17, 15) is 14.9 Å². The van der Waals surface area contributed by atoms with Crippen LogP contribution in [0.15, 0.2) is 57.6 Å². The maximum absolute atomic E-state index is 12.7. The number of nitrogens with zero attached hydrogens (tertiary/aromatic N) is 1. The van der Waals surface area contributed by atoms with Crippen LogP contribution in [-0.4, -0.2) is 17.4 Å². The summed E-state index contributed by atoms with van der Waals surface area (Å²) in [4.78, 5) is 26.3. The van der Waals surface area contributed by atoms with Gasteiger partial charge in [0, 0.05) is 28.3 Å². The molecule has 0 unspecified atom stereocenters. The minimum Gasteiger partial charge on any atom is -0.352 e. The van der Waals surface area contributed by atoms with Crippen LogP contribution in [0.5, 0.6) is 0 Å². The minimum absolute atomic E-state index is 0.108. The Labute approximate surface area is 190 Å². The number of anilines is 1. The molecule has 0 spiro atoms. The van der Waals surface area contributed by atoms with Gasteiger partial charge in [-0.05, 0) is 49.8 Å². The van der Waals surface area contributed by atoms with Gasteiger partial charge >= 0.3 is 0 Å². The number of carbonyl (C=O) groups is 2. The number of Topliss-reactive ketones (excluding diaryl/α,β-unsaturated/α-hetero) is 1. The number of hydrogen-bond acceptors (Lipinski definition) is 6. The van der Waals surface area contributed by atoms with Gasteiger partial charge in [0.1, 0.15) is 0 Å². The van der Waals surface area contributed by atoms with Crippen LogP contribution >= 0.6 is 23.1 Å². The van der Waals surface area contributed by atoms with E-state index in [4.69, 9.17) is 0 Å². The Balaban J connectivity index is 1.57. The van der Waals surface area contributed by atoms with Gasteiger partial charge in [0.25, 0.3) is 0 Å². The van der Waals surface area contributed by atoms with Crippen LogP contribution < -0.4 is 10.6 Å². The lowest BCUT2D eigenvalue weighted by atomic mass is 9.79. The average Bonchev–Trinajstić information content (AvgIpc) is 3.28. The zero-order valence-electron chi connectivity index (χ0n) is 17.5. The first-order valence-electron chi connectivity index (χ1n) is 10.2. The van der Waals surface area contributed by atoms with Crippen molar-refractivity contribution >= 4 is 40.5 Å². The van der Waals surface area contributed by atoms with Gasteiger partial charge in [-0.25, -0.2) is 0 Å². The fourth-order valence-electron chi connectivity index (χ4n) is 4.06. The molecule has 2 heterocycles. The van der Waals surface area contributed by atoms with E-state index in [-0.39, 0.29) is 23.4 Å². The topological polar surface area (TPSA) is 82.0 Å². The summed E-state index contributed by atoms with van der Waals surface area (Å²) in [5.74, 6) is -0.194. The van der Waals surface area contributed by atoms with Gasteiger partial charge in [-0.3, -0.25) is 9.59 Å². The lowest BCUT2D eigenvalue weighted by molar-refractivity contribution is -0.116. The van der Waals surface area contributed by atoms with Crippen molar-refractivity contribution in [2.75, 3.05) is 11.1 Å².